The number of hydrogen-bond acceptors (Lipinski definition) is 2. The molecule has 0 spiro atoms. The normalized spacial score (nSPS) is 9.14. The first-order chi connectivity index (χ1) is 9.92. The minimum Gasteiger partial charge on any atom is -0.229 e. The van der Waals surface area contributed by atoms with Crippen molar-refractivity contribution in [3.63, 3.8) is 0 Å². The Labute approximate surface area is 130 Å². The fraction of sp³-hybridized carbons (Fsp3) is 0. The zero-order valence-corrected chi connectivity index (χ0v) is 12.0. The number of benzene rings is 2. The van der Waals surface area contributed by atoms with Crippen molar-refractivity contribution in [3.05, 3.63) is 84.4 Å². The van der Waals surface area contributed by atoms with E-state index >= 15 is 0 Å². The summed E-state index contributed by atoms with van der Waals surface area (Å²) >= 11 is 0. The summed E-state index contributed by atoms with van der Waals surface area (Å²) in [6.45, 7) is 0. The molecular formula is C18H13ClN2. The fourth-order valence-electron chi connectivity index (χ4n) is 1.87. The van der Waals surface area contributed by atoms with Gasteiger partial charge in [0.05, 0.1) is 0 Å². The molecule has 3 aromatic rings. The number of nitrogens with zero attached hydrogens (tertiary/aromatic N) is 2. The molecule has 0 saturated carbocycles. The topological polar surface area (TPSA) is 25.8 Å². The highest BCUT2D eigenvalue weighted by molar-refractivity contribution is 5.85. The van der Waals surface area contributed by atoms with Gasteiger partial charge in [0.25, 0.3) is 0 Å². The first kappa shape index (κ1) is 14.8. The van der Waals surface area contributed by atoms with Gasteiger partial charge < -0.3 is 0 Å². The lowest BCUT2D eigenvalue weighted by molar-refractivity contribution is 1.13. The summed E-state index contributed by atoms with van der Waals surface area (Å²) in [6, 6.07) is 20.2. The van der Waals surface area contributed by atoms with Gasteiger partial charge in [-0.2, -0.15) is 0 Å². The molecule has 0 aliphatic rings. The Morgan fingerprint density at radius 3 is 1.90 bits per heavy atom. The van der Waals surface area contributed by atoms with Crippen LogP contribution in [0.1, 0.15) is 11.4 Å². The maximum atomic E-state index is 4.07. The summed E-state index contributed by atoms with van der Waals surface area (Å²) in [4.78, 5) is 8.15. The molecule has 0 saturated heterocycles. The highest BCUT2D eigenvalue weighted by atomic mass is 35.5. The Hall–Kier alpha value is -2.63. The zero-order chi connectivity index (χ0) is 13.6. The highest BCUT2D eigenvalue weighted by Gasteiger charge is 1.95. The molecule has 0 N–H and O–H groups in total. The summed E-state index contributed by atoms with van der Waals surface area (Å²) in [6.07, 6.45) is 3.38. The van der Waals surface area contributed by atoms with Crippen LogP contribution >= 0.6 is 12.4 Å². The van der Waals surface area contributed by atoms with Crippen LogP contribution in [0.4, 0.5) is 0 Å². The van der Waals surface area contributed by atoms with E-state index in [0.29, 0.717) is 5.82 Å². The lowest BCUT2D eigenvalue weighted by Crippen LogP contribution is -1.85. The van der Waals surface area contributed by atoms with Crippen LogP contribution in [0.3, 0.4) is 0 Å². The molecule has 0 unspecified atom stereocenters. The van der Waals surface area contributed by atoms with E-state index in [0.717, 1.165) is 5.56 Å². The molecule has 0 bridgehead atoms. The van der Waals surface area contributed by atoms with Crippen LogP contribution < -0.4 is 0 Å². The molecule has 1 aromatic heterocycles. The van der Waals surface area contributed by atoms with Gasteiger partial charge in [-0.1, -0.05) is 48.4 Å². The van der Waals surface area contributed by atoms with Crippen molar-refractivity contribution in [3.8, 4) is 23.0 Å². The molecule has 0 radical (unpaired) electrons. The van der Waals surface area contributed by atoms with Gasteiger partial charge in [-0.25, -0.2) is 9.97 Å². The summed E-state index contributed by atoms with van der Waals surface area (Å²) < 4.78 is 0. The van der Waals surface area contributed by atoms with E-state index < -0.39 is 0 Å². The zero-order valence-electron chi connectivity index (χ0n) is 11.2. The van der Waals surface area contributed by atoms with Crippen LogP contribution in [0.2, 0.25) is 0 Å². The van der Waals surface area contributed by atoms with Crippen molar-refractivity contribution in [2.24, 2.45) is 0 Å². The van der Waals surface area contributed by atoms with Crippen LogP contribution in [-0.4, -0.2) is 9.97 Å². The van der Waals surface area contributed by atoms with E-state index in [4.69, 9.17) is 0 Å². The van der Waals surface area contributed by atoms with Crippen molar-refractivity contribution in [2.45, 2.75) is 0 Å². The maximum Gasteiger partial charge on any atom is 0.205 e. The third-order valence-electron chi connectivity index (χ3n) is 2.88. The average molecular weight is 293 g/mol. The second-order valence-corrected chi connectivity index (χ2v) is 4.27. The molecule has 3 rings (SSSR count). The van der Waals surface area contributed by atoms with Gasteiger partial charge in [0.1, 0.15) is 0 Å². The van der Waals surface area contributed by atoms with Crippen LogP contribution in [-0.2, 0) is 0 Å². The number of rotatable bonds is 1. The summed E-state index contributed by atoms with van der Waals surface area (Å²) in [5.74, 6) is 6.55. The Balaban J connectivity index is 0.00000161. The molecule has 0 amide bonds. The predicted octanol–water partition coefficient (Wildman–Crippen LogP) is 3.97. The minimum atomic E-state index is 0. The monoisotopic (exact) mass is 292 g/mol. The predicted molar refractivity (Wildman–Crippen MR) is 87.1 cm³/mol. The Morgan fingerprint density at radius 2 is 1.24 bits per heavy atom. The first-order valence-corrected chi connectivity index (χ1v) is 6.36. The SMILES string of the molecule is C(#Cc1ncccn1)c1ccc(-c2ccccc2)cc1.Cl. The van der Waals surface area contributed by atoms with E-state index in [-0.39, 0.29) is 12.4 Å². The Bertz CT molecular complexity index is 742. The molecular weight excluding hydrogens is 280 g/mol. The van der Waals surface area contributed by atoms with Crippen molar-refractivity contribution < 1.29 is 0 Å². The van der Waals surface area contributed by atoms with Crippen LogP contribution in [0, 0.1) is 11.8 Å². The van der Waals surface area contributed by atoms with Crippen molar-refractivity contribution in [1.82, 2.24) is 9.97 Å². The van der Waals surface area contributed by atoms with E-state index in [9.17, 15) is 0 Å². The van der Waals surface area contributed by atoms with Crippen molar-refractivity contribution in [1.29, 1.82) is 0 Å². The summed E-state index contributed by atoms with van der Waals surface area (Å²) in [5.41, 5.74) is 3.35. The van der Waals surface area contributed by atoms with E-state index in [1.807, 2.05) is 30.3 Å². The molecule has 2 nitrogen and oxygen atoms in total. The van der Waals surface area contributed by atoms with E-state index in [1.54, 1.807) is 18.5 Å². The molecule has 0 fully saturated rings. The smallest absolute Gasteiger partial charge is 0.205 e. The van der Waals surface area contributed by atoms with Gasteiger partial charge in [-0.05, 0) is 35.2 Å². The Morgan fingerprint density at radius 1 is 0.619 bits per heavy atom. The second kappa shape index (κ2) is 7.23. The van der Waals surface area contributed by atoms with E-state index in [1.165, 1.54) is 11.1 Å². The molecule has 1 heterocycles. The maximum absolute atomic E-state index is 4.07. The third-order valence-corrected chi connectivity index (χ3v) is 2.88. The van der Waals surface area contributed by atoms with Crippen LogP contribution in [0.5, 0.6) is 0 Å². The lowest BCUT2D eigenvalue weighted by Gasteiger charge is -2.00. The quantitative estimate of drug-likeness (QED) is 0.634. The molecule has 2 aromatic carbocycles. The van der Waals surface area contributed by atoms with Crippen molar-refractivity contribution in [2.75, 3.05) is 0 Å². The number of halogens is 1. The summed E-state index contributed by atoms with van der Waals surface area (Å²) in [7, 11) is 0. The lowest BCUT2D eigenvalue weighted by atomic mass is 10.0. The van der Waals surface area contributed by atoms with Gasteiger partial charge in [0.2, 0.25) is 5.82 Å². The highest BCUT2D eigenvalue weighted by Crippen LogP contribution is 2.18. The van der Waals surface area contributed by atoms with E-state index in [2.05, 4.69) is 46.1 Å². The van der Waals surface area contributed by atoms with Crippen LogP contribution in [0.25, 0.3) is 11.1 Å². The molecule has 3 heteroatoms. The first-order valence-electron chi connectivity index (χ1n) is 6.36. The standard InChI is InChI=1S/C18H12N2.ClH/c1-2-5-16(6-3-1)17-10-7-15(8-11-17)9-12-18-19-13-4-14-20-18;/h1-8,10-11,13-14H;1H. The number of hydrogen-bond donors (Lipinski definition) is 0. The largest absolute Gasteiger partial charge is 0.229 e. The van der Waals surface area contributed by atoms with Gasteiger partial charge in [0.15, 0.2) is 0 Å². The van der Waals surface area contributed by atoms with Gasteiger partial charge in [0, 0.05) is 18.0 Å². The molecule has 102 valence electrons. The molecule has 0 aliphatic heterocycles. The van der Waals surface area contributed by atoms with Gasteiger partial charge in [-0.15, -0.1) is 12.4 Å². The van der Waals surface area contributed by atoms with Gasteiger partial charge in [-0.3, -0.25) is 0 Å². The third kappa shape index (κ3) is 3.92. The average Bonchev–Trinajstić information content (AvgIpc) is 2.55. The van der Waals surface area contributed by atoms with Crippen molar-refractivity contribution >= 4 is 12.4 Å². The summed E-state index contributed by atoms with van der Waals surface area (Å²) in [5, 5.41) is 0. The fourth-order valence-corrected chi connectivity index (χ4v) is 1.87. The van der Waals surface area contributed by atoms with Gasteiger partial charge >= 0.3 is 0 Å². The number of aromatic nitrogens is 2. The minimum absolute atomic E-state index is 0. The Kier molecular flexibility index (Phi) is 5.09. The molecule has 0 aliphatic carbocycles. The molecule has 21 heavy (non-hydrogen) atoms. The van der Waals surface area contributed by atoms with Crippen LogP contribution in [0.15, 0.2) is 73.1 Å². The second-order valence-electron chi connectivity index (χ2n) is 4.27. The molecule has 0 atom stereocenters.